The maximum Gasteiger partial charge on any atom is 0.265 e. The van der Waals surface area contributed by atoms with E-state index in [1.807, 2.05) is 66.7 Å². The Hall–Kier alpha value is -3.06. The molecule has 180 valence electrons. The molecule has 1 aliphatic rings. The predicted octanol–water partition coefficient (Wildman–Crippen LogP) is 5.46. The van der Waals surface area contributed by atoms with E-state index in [2.05, 4.69) is 29.4 Å². The molecule has 0 radical (unpaired) electrons. The van der Waals surface area contributed by atoms with Gasteiger partial charge in [0.25, 0.3) is 5.91 Å². The van der Waals surface area contributed by atoms with Crippen LogP contribution in [0.2, 0.25) is 5.02 Å². The predicted molar refractivity (Wildman–Crippen MR) is 144 cm³/mol. The molecule has 0 saturated carbocycles. The van der Waals surface area contributed by atoms with Crippen LogP contribution in [-0.2, 0) is 16.1 Å². The maximum atomic E-state index is 13.3. The third-order valence-corrected chi connectivity index (χ3v) is 6.93. The maximum absolute atomic E-state index is 13.3. The Morgan fingerprint density at radius 2 is 1.83 bits per heavy atom. The van der Waals surface area contributed by atoms with Crippen molar-refractivity contribution in [3.8, 4) is 0 Å². The van der Waals surface area contributed by atoms with Crippen molar-refractivity contribution in [3.63, 3.8) is 0 Å². The molecule has 1 heterocycles. The second-order valence-electron chi connectivity index (χ2n) is 8.45. The van der Waals surface area contributed by atoms with Crippen molar-refractivity contribution in [2.45, 2.75) is 17.9 Å². The van der Waals surface area contributed by atoms with Crippen LogP contribution >= 0.6 is 23.4 Å². The zero-order valence-corrected chi connectivity index (χ0v) is 21.2. The molecule has 0 spiro atoms. The monoisotopic (exact) mass is 505 g/mol. The van der Waals surface area contributed by atoms with Crippen molar-refractivity contribution in [1.29, 1.82) is 0 Å². The minimum atomic E-state index is -0.189. The van der Waals surface area contributed by atoms with E-state index in [1.54, 1.807) is 11.0 Å². The average molecular weight is 506 g/mol. The van der Waals surface area contributed by atoms with Crippen LogP contribution < -0.4 is 10.2 Å². The van der Waals surface area contributed by atoms with Gasteiger partial charge in [-0.05, 0) is 61.5 Å². The van der Waals surface area contributed by atoms with Crippen LogP contribution in [0.15, 0.2) is 88.7 Å². The van der Waals surface area contributed by atoms with Gasteiger partial charge in [0, 0.05) is 23.0 Å². The van der Waals surface area contributed by atoms with Gasteiger partial charge in [0.05, 0.1) is 10.6 Å². The molecule has 1 aliphatic heterocycles. The fourth-order valence-corrected chi connectivity index (χ4v) is 5.17. The van der Waals surface area contributed by atoms with Gasteiger partial charge in [-0.1, -0.05) is 78.0 Å². The number of carbonyl (C=O) groups excluding carboxylic acids is 2. The number of nitrogens with one attached hydrogen (secondary N) is 1. The first kappa shape index (κ1) is 25.0. The van der Waals surface area contributed by atoms with Crippen LogP contribution in [0.25, 0.3) is 6.08 Å². The number of nitrogens with zero attached hydrogens (tertiary/aromatic N) is 2. The lowest BCUT2D eigenvalue weighted by Crippen LogP contribution is -2.43. The summed E-state index contributed by atoms with van der Waals surface area (Å²) in [5.41, 5.74) is 2.86. The summed E-state index contributed by atoms with van der Waals surface area (Å²) in [6, 6.07) is 25.3. The normalized spacial score (nSPS) is 14.3. The van der Waals surface area contributed by atoms with E-state index < -0.39 is 0 Å². The number of carbonyl (C=O) groups is 2. The van der Waals surface area contributed by atoms with Gasteiger partial charge in [0.15, 0.2) is 0 Å². The smallest absolute Gasteiger partial charge is 0.265 e. The highest BCUT2D eigenvalue weighted by molar-refractivity contribution is 8.04. The number of anilines is 1. The number of hydrogen-bond acceptors (Lipinski definition) is 4. The van der Waals surface area contributed by atoms with E-state index in [4.69, 9.17) is 11.6 Å². The highest BCUT2D eigenvalue weighted by Gasteiger charge is 2.30. The van der Waals surface area contributed by atoms with Gasteiger partial charge in [-0.25, -0.2) is 0 Å². The van der Waals surface area contributed by atoms with Gasteiger partial charge in [-0.3, -0.25) is 14.5 Å². The van der Waals surface area contributed by atoms with E-state index in [1.165, 1.54) is 17.3 Å². The van der Waals surface area contributed by atoms with Crippen molar-refractivity contribution in [2.75, 3.05) is 31.6 Å². The molecule has 7 heteroatoms. The van der Waals surface area contributed by atoms with Crippen LogP contribution in [0.5, 0.6) is 0 Å². The zero-order valence-electron chi connectivity index (χ0n) is 19.6. The molecule has 0 fully saturated rings. The molecule has 1 N–H and O–H groups in total. The molecule has 0 aromatic heterocycles. The lowest BCUT2D eigenvalue weighted by atomic mass is 10.2. The van der Waals surface area contributed by atoms with Gasteiger partial charge in [-0.15, -0.1) is 0 Å². The van der Waals surface area contributed by atoms with Crippen LogP contribution in [0.4, 0.5) is 5.69 Å². The van der Waals surface area contributed by atoms with Crippen molar-refractivity contribution in [3.05, 3.63) is 99.9 Å². The molecule has 0 unspecified atom stereocenters. The molecule has 0 saturated heterocycles. The highest BCUT2D eigenvalue weighted by Crippen LogP contribution is 2.41. The molecule has 3 aromatic carbocycles. The second kappa shape index (κ2) is 12.1. The summed E-state index contributed by atoms with van der Waals surface area (Å²) in [5, 5.41) is 3.58. The third kappa shape index (κ3) is 6.98. The molecule has 4 rings (SSSR count). The van der Waals surface area contributed by atoms with Crippen LogP contribution in [0, 0.1) is 0 Å². The van der Waals surface area contributed by atoms with Crippen molar-refractivity contribution < 1.29 is 9.59 Å². The van der Waals surface area contributed by atoms with Crippen LogP contribution in [0.3, 0.4) is 0 Å². The zero-order chi connectivity index (χ0) is 24.6. The molecule has 0 aliphatic carbocycles. The number of halogens is 1. The first-order valence-corrected chi connectivity index (χ1v) is 12.7. The topological polar surface area (TPSA) is 52.7 Å². The molecule has 2 amide bonds. The number of benzene rings is 3. The minimum Gasteiger partial charge on any atom is -0.355 e. The van der Waals surface area contributed by atoms with Crippen molar-refractivity contribution >= 4 is 46.9 Å². The van der Waals surface area contributed by atoms with Gasteiger partial charge in [-0.2, -0.15) is 0 Å². The molecule has 35 heavy (non-hydrogen) atoms. The number of amides is 2. The Balaban J connectivity index is 1.35. The summed E-state index contributed by atoms with van der Waals surface area (Å²) in [6.07, 6.45) is 2.65. The third-order valence-electron chi connectivity index (χ3n) is 5.61. The lowest BCUT2D eigenvalue weighted by molar-refractivity contribution is -0.122. The molecule has 0 atom stereocenters. The Morgan fingerprint density at radius 3 is 2.63 bits per heavy atom. The highest BCUT2D eigenvalue weighted by atomic mass is 35.5. The largest absolute Gasteiger partial charge is 0.355 e. The summed E-state index contributed by atoms with van der Waals surface area (Å²) >= 11 is 7.52. The van der Waals surface area contributed by atoms with E-state index in [-0.39, 0.29) is 18.4 Å². The molecular formula is C28H28ClN3O2S. The Morgan fingerprint density at radius 1 is 1.06 bits per heavy atom. The quantitative estimate of drug-likeness (QED) is 0.310. The summed E-state index contributed by atoms with van der Waals surface area (Å²) in [7, 11) is 2.07. The van der Waals surface area contributed by atoms with E-state index in [0.29, 0.717) is 16.5 Å². The summed E-state index contributed by atoms with van der Waals surface area (Å²) in [5.74, 6) is -0.362. The van der Waals surface area contributed by atoms with Gasteiger partial charge in [0.2, 0.25) is 5.91 Å². The molecule has 0 bridgehead atoms. The van der Waals surface area contributed by atoms with Gasteiger partial charge in [0.1, 0.15) is 6.54 Å². The van der Waals surface area contributed by atoms with Gasteiger partial charge < -0.3 is 10.2 Å². The van der Waals surface area contributed by atoms with Crippen LogP contribution in [-0.4, -0.2) is 43.4 Å². The molecular weight excluding hydrogens is 478 g/mol. The number of para-hydroxylation sites is 1. The first-order chi connectivity index (χ1) is 17.0. The Bertz CT molecular complexity index is 1220. The van der Waals surface area contributed by atoms with Crippen molar-refractivity contribution in [1.82, 2.24) is 10.2 Å². The van der Waals surface area contributed by atoms with E-state index >= 15 is 0 Å². The minimum absolute atomic E-state index is 0.0247. The summed E-state index contributed by atoms with van der Waals surface area (Å²) in [4.78, 5) is 31.4. The Labute approximate surface area is 215 Å². The number of rotatable bonds is 9. The molecule has 5 nitrogen and oxygen atoms in total. The Kier molecular flexibility index (Phi) is 8.64. The fraction of sp³-hybridized carbons (Fsp3) is 0.214. The molecule has 3 aromatic rings. The van der Waals surface area contributed by atoms with E-state index in [9.17, 15) is 9.59 Å². The summed E-state index contributed by atoms with van der Waals surface area (Å²) in [6.45, 7) is 2.27. The number of hydrogen-bond donors (Lipinski definition) is 1. The standard InChI is InChI=1S/C28H28ClN3O2S/c1-31(19-21-9-3-2-4-10-21)16-8-15-30-27(33)20-32-24-13-5-6-14-25(24)35-26(28(32)34)18-22-11-7-12-23(29)17-22/h2-7,9-14,17-18H,8,15-16,19-20H2,1H3,(H,30,33). The number of fused-ring (bicyclic) bond motifs is 1. The summed E-state index contributed by atoms with van der Waals surface area (Å²) < 4.78 is 0. The van der Waals surface area contributed by atoms with E-state index in [0.717, 1.165) is 35.7 Å². The average Bonchev–Trinajstić information content (AvgIpc) is 2.85. The fourth-order valence-electron chi connectivity index (χ4n) is 3.92. The van der Waals surface area contributed by atoms with Crippen LogP contribution in [0.1, 0.15) is 17.5 Å². The SMILES string of the molecule is CN(CCCNC(=O)CN1C(=O)C(=Cc2cccc(Cl)c2)Sc2ccccc21)Cc1ccccc1. The number of thioether (sulfide) groups is 1. The van der Waals surface area contributed by atoms with Gasteiger partial charge >= 0.3 is 0 Å². The lowest BCUT2D eigenvalue weighted by Gasteiger charge is -2.29. The second-order valence-corrected chi connectivity index (χ2v) is 9.97. The van der Waals surface area contributed by atoms with Crippen molar-refractivity contribution in [2.24, 2.45) is 0 Å². The first-order valence-electron chi connectivity index (χ1n) is 11.5.